The topological polar surface area (TPSA) is 18.5 Å². The lowest BCUT2D eigenvalue weighted by Crippen LogP contribution is -2.23. The second-order valence-corrected chi connectivity index (χ2v) is 4.96. The molecule has 90 valence electrons. The molecule has 0 radical (unpaired) electrons. The highest BCUT2D eigenvalue weighted by Crippen LogP contribution is 2.31. The average Bonchev–Trinajstić information content (AvgIpc) is 2.56. The van der Waals surface area contributed by atoms with Gasteiger partial charge in [-0.2, -0.15) is 0 Å². The molecule has 0 aliphatic carbocycles. The van der Waals surface area contributed by atoms with Crippen molar-refractivity contribution in [1.82, 2.24) is 0 Å². The number of terminal acetylenes is 1. The zero-order chi connectivity index (χ0) is 12.5. The van der Waals surface area contributed by atoms with Gasteiger partial charge in [-0.15, -0.1) is 6.42 Å². The molecule has 1 aromatic carbocycles. The number of ether oxygens (including phenoxy) is 2. The molecule has 3 heteroatoms. The first kappa shape index (κ1) is 12.4. The third-order valence-electron chi connectivity index (χ3n) is 2.73. The lowest BCUT2D eigenvalue weighted by Gasteiger charge is -2.16. The van der Waals surface area contributed by atoms with Crippen molar-refractivity contribution in [2.75, 3.05) is 0 Å². The monoisotopic (exact) mass is 250 g/mol. The number of rotatable bonds is 2. The van der Waals surface area contributed by atoms with E-state index in [2.05, 4.69) is 5.92 Å². The highest BCUT2D eigenvalue weighted by Gasteiger charge is 2.40. The van der Waals surface area contributed by atoms with Crippen molar-refractivity contribution in [3.8, 4) is 12.3 Å². The van der Waals surface area contributed by atoms with E-state index in [0.717, 1.165) is 10.6 Å². The van der Waals surface area contributed by atoms with Crippen LogP contribution in [0.4, 0.5) is 0 Å². The Morgan fingerprint density at radius 3 is 2.71 bits per heavy atom. The summed E-state index contributed by atoms with van der Waals surface area (Å²) in [6, 6.07) is 7.70. The summed E-state index contributed by atoms with van der Waals surface area (Å²) in [6.45, 7) is 3.73. The number of benzene rings is 1. The molecule has 2 rings (SSSR count). The van der Waals surface area contributed by atoms with Crippen molar-refractivity contribution >= 4 is 11.6 Å². The van der Waals surface area contributed by atoms with Gasteiger partial charge in [-0.3, -0.25) is 0 Å². The SMILES string of the molecule is C#C[C@H]1OC(C)(C)O[C@@H]1Cc1ccccc1Cl. The van der Waals surface area contributed by atoms with Gasteiger partial charge in [0.05, 0.1) is 0 Å². The highest BCUT2D eigenvalue weighted by molar-refractivity contribution is 6.31. The first-order valence-electron chi connectivity index (χ1n) is 5.57. The van der Waals surface area contributed by atoms with Crippen LogP contribution >= 0.6 is 11.6 Å². The summed E-state index contributed by atoms with van der Waals surface area (Å²) in [6.07, 6.45) is 5.65. The van der Waals surface area contributed by atoms with E-state index in [1.54, 1.807) is 0 Å². The molecule has 0 saturated carbocycles. The van der Waals surface area contributed by atoms with E-state index < -0.39 is 5.79 Å². The number of hydrogen-bond donors (Lipinski definition) is 0. The normalized spacial score (nSPS) is 26.7. The maximum atomic E-state index is 6.12. The third-order valence-corrected chi connectivity index (χ3v) is 3.10. The average molecular weight is 251 g/mol. The van der Waals surface area contributed by atoms with Crippen LogP contribution in [0.1, 0.15) is 19.4 Å². The molecule has 0 N–H and O–H groups in total. The van der Waals surface area contributed by atoms with Crippen LogP contribution in [0.3, 0.4) is 0 Å². The van der Waals surface area contributed by atoms with Crippen molar-refractivity contribution in [3.63, 3.8) is 0 Å². The van der Waals surface area contributed by atoms with E-state index >= 15 is 0 Å². The minimum atomic E-state index is -0.622. The van der Waals surface area contributed by atoms with Crippen molar-refractivity contribution in [1.29, 1.82) is 0 Å². The molecule has 0 aromatic heterocycles. The molecule has 2 nitrogen and oxygen atoms in total. The van der Waals surface area contributed by atoms with Gasteiger partial charge >= 0.3 is 0 Å². The fourth-order valence-electron chi connectivity index (χ4n) is 2.01. The van der Waals surface area contributed by atoms with Gasteiger partial charge in [0.25, 0.3) is 0 Å². The van der Waals surface area contributed by atoms with Crippen LogP contribution in [-0.4, -0.2) is 18.0 Å². The van der Waals surface area contributed by atoms with Crippen LogP contribution in [0.5, 0.6) is 0 Å². The summed E-state index contributed by atoms with van der Waals surface area (Å²) in [5.41, 5.74) is 1.03. The van der Waals surface area contributed by atoms with Crippen LogP contribution in [-0.2, 0) is 15.9 Å². The number of hydrogen-bond acceptors (Lipinski definition) is 2. The molecule has 0 bridgehead atoms. The molecular weight excluding hydrogens is 236 g/mol. The second kappa shape index (κ2) is 4.70. The Bertz CT molecular complexity index is 448. The van der Waals surface area contributed by atoms with E-state index in [9.17, 15) is 0 Å². The molecule has 0 spiro atoms. The maximum absolute atomic E-state index is 6.12. The van der Waals surface area contributed by atoms with Crippen LogP contribution in [0.15, 0.2) is 24.3 Å². The molecule has 0 unspecified atom stereocenters. The van der Waals surface area contributed by atoms with E-state index in [1.165, 1.54) is 0 Å². The van der Waals surface area contributed by atoms with Gasteiger partial charge in [0.15, 0.2) is 5.79 Å². The van der Waals surface area contributed by atoms with E-state index in [0.29, 0.717) is 6.42 Å². The summed E-state index contributed by atoms with van der Waals surface area (Å²) >= 11 is 6.12. The van der Waals surface area contributed by atoms with Gasteiger partial charge in [0, 0.05) is 11.4 Å². The minimum Gasteiger partial charge on any atom is -0.343 e. The molecule has 1 aliphatic heterocycles. The second-order valence-electron chi connectivity index (χ2n) is 4.56. The molecule has 2 atom stereocenters. The van der Waals surface area contributed by atoms with Crippen molar-refractivity contribution in [2.24, 2.45) is 0 Å². The summed E-state index contributed by atoms with van der Waals surface area (Å²) in [7, 11) is 0. The highest BCUT2D eigenvalue weighted by atomic mass is 35.5. The largest absolute Gasteiger partial charge is 0.343 e. The Hall–Kier alpha value is -1.01. The van der Waals surface area contributed by atoms with Crippen molar-refractivity contribution in [3.05, 3.63) is 34.9 Å². The zero-order valence-corrected chi connectivity index (χ0v) is 10.7. The maximum Gasteiger partial charge on any atom is 0.165 e. The van der Waals surface area contributed by atoms with Gasteiger partial charge in [-0.05, 0) is 25.5 Å². The molecule has 1 fully saturated rings. The van der Waals surface area contributed by atoms with Crippen LogP contribution in [0, 0.1) is 12.3 Å². The Balaban J connectivity index is 2.14. The Morgan fingerprint density at radius 1 is 1.35 bits per heavy atom. The summed E-state index contributed by atoms with van der Waals surface area (Å²) in [5.74, 6) is 2.00. The number of halogens is 1. The molecule has 1 aromatic rings. The third kappa shape index (κ3) is 2.81. The van der Waals surface area contributed by atoms with Crippen molar-refractivity contribution < 1.29 is 9.47 Å². The summed E-state index contributed by atoms with van der Waals surface area (Å²) < 4.78 is 11.4. The summed E-state index contributed by atoms with van der Waals surface area (Å²) in [4.78, 5) is 0. The Labute approximate surface area is 107 Å². The fraction of sp³-hybridized carbons (Fsp3) is 0.429. The summed E-state index contributed by atoms with van der Waals surface area (Å²) in [5, 5.41) is 0.733. The van der Waals surface area contributed by atoms with Crippen LogP contribution in [0.2, 0.25) is 5.02 Å². The first-order chi connectivity index (χ1) is 8.02. The van der Waals surface area contributed by atoms with Crippen molar-refractivity contribution in [2.45, 2.75) is 38.3 Å². The predicted octanol–water partition coefficient (Wildman–Crippen LogP) is 3.04. The van der Waals surface area contributed by atoms with Gasteiger partial charge < -0.3 is 9.47 Å². The molecule has 1 aliphatic rings. The molecular formula is C14H15ClO2. The van der Waals surface area contributed by atoms with Crippen LogP contribution < -0.4 is 0 Å². The van der Waals surface area contributed by atoms with Gasteiger partial charge in [-0.25, -0.2) is 0 Å². The molecule has 0 amide bonds. The Morgan fingerprint density at radius 2 is 2.06 bits per heavy atom. The molecule has 1 heterocycles. The lowest BCUT2D eigenvalue weighted by molar-refractivity contribution is -0.142. The minimum absolute atomic E-state index is 0.144. The standard InChI is InChI=1S/C14H15ClO2/c1-4-12-13(17-14(2,3)16-12)9-10-7-5-6-8-11(10)15/h1,5-8,12-13H,9H2,2-3H3/t12-,13-/m1/s1. The predicted molar refractivity (Wildman–Crippen MR) is 67.8 cm³/mol. The Kier molecular flexibility index (Phi) is 3.44. The van der Waals surface area contributed by atoms with Gasteiger partial charge in [0.1, 0.15) is 12.2 Å². The lowest BCUT2D eigenvalue weighted by atomic mass is 10.0. The zero-order valence-electron chi connectivity index (χ0n) is 9.94. The van der Waals surface area contributed by atoms with Crippen LogP contribution in [0.25, 0.3) is 0 Å². The van der Waals surface area contributed by atoms with E-state index in [-0.39, 0.29) is 12.2 Å². The van der Waals surface area contributed by atoms with E-state index in [4.69, 9.17) is 27.5 Å². The quantitative estimate of drug-likeness (QED) is 0.752. The molecule has 1 saturated heterocycles. The fourth-order valence-corrected chi connectivity index (χ4v) is 2.22. The van der Waals surface area contributed by atoms with Gasteiger partial charge in [-0.1, -0.05) is 35.7 Å². The first-order valence-corrected chi connectivity index (χ1v) is 5.95. The smallest absolute Gasteiger partial charge is 0.165 e. The molecule has 17 heavy (non-hydrogen) atoms. The van der Waals surface area contributed by atoms with E-state index in [1.807, 2.05) is 38.1 Å². The van der Waals surface area contributed by atoms with Gasteiger partial charge in [0.2, 0.25) is 0 Å².